The van der Waals surface area contributed by atoms with Gasteiger partial charge in [-0.05, 0) is 62.8 Å². The van der Waals surface area contributed by atoms with E-state index in [1.807, 2.05) is 6.92 Å². The van der Waals surface area contributed by atoms with Gasteiger partial charge in [0.25, 0.3) is 0 Å². The summed E-state index contributed by atoms with van der Waals surface area (Å²) in [6.07, 6.45) is 3.98. The second-order valence-corrected chi connectivity index (χ2v) is 7.10. The first kappa shape index (κ1) is 17.1. The minimum absolute atomic E-state index is 0.0460. The van der Waals surface area contributed by atoms with Gasteiger partial charge in [0, 0.05) is 23.4 Å². The fourth-order valence-corrected chi connectivity index (χ4v) is 3.72. The Morgan fingerprint density at radius 1 is 1.42 bits per heavy atom. The van der Waals surface area contributed by atoms with Crippen LogP contribution in [0.2, 0.25) is 0 Å². The number of fused-ring (bicyclic) bond motifs is 1. The van der Waals surface area contributed by atoms with Crippen molar-refractivity contribution in [2.45, 2.75) is 31.6 Å². The molecular formula is C19H24N2O2S. The molecular weight excluding hydrogens is 320 g/mol. The van der Waals surface area contributed by atoms with Gasteiger partial charge in [0.2, 0.25) is 0 Å². The predicted molar refractivity (Wildman–Crippen MR) is 99.8 cm³/mol. The number of nitrogens with zero attached hydrogens (tertiary/aromatic N) is 2. The lowest BCUT2D eigenvalue weighted by atomic mass is 9.98. The van der Waals surface area contributed by atoms with Gasteiger partial charge >= 0.3 is 5.97 Å². The van der Waals surface area contributed by atoms with Crippen molar-refractivity contribution in [2.24, 2.45) is 5.92 Å². The second kappa shape index (κ2) is 7.43. The van der Waals surface area contributed by atoms with Gasteiger partial charge in [-0.25, -0.2) is 4.98 Å². The Morgan fingerprint density at radius 3 is 3.00 bits per heavy atom. The molecule has 0 aliphatic carbocycles. The second-order valence-electron chi connectivity index (χ2n) is 6.22. The number of pyridine rings is 1. The average Bonchev–Trinajstić information content (AvgIpc) is 2.61. The average molecular weight is 344 g/mol. The molecule has 1 aromatic heterocycles. The lowest BCUT2D eigenvalue weighted by Gasteiger charge is -2.32. The molecule has 1 aliphatic heterocycles. The van der Waals surface area contributed by atoms with E-state index < -0.39 is 0 Å². The molecule has 1 atom stereocenters. The molecule has 1 aliphatic rings. The van der Waals surface area contributed by atoms with Crippen LogP contribution >= 0.6 is 11.8 Å². The molecule has 2 heterocycles. The quantitative estimate of drug-likeness (QED) is 0.618. The van der Waals surface area contributed by atoms with Crippen molar-refractivity contribution in [1.29, 1.82) is 0 Å². The minimum atomic E-state index is -0.0793. The zero-order valence-corrected chi connectivity index (χ0v) is 15.4. The summed E-state index contributed by atoms with van der Waals surface area (Å²) >= 11 is 1.74. The highest BCUT2D eigenvalue weighted by molar-refractivity contribution is 7.98. The first-order valence-electron chi connectivity index (χ1n) is 8.49. The zero-order chi connectivity index (χ0) is 17.1. The Kier molecular flexibility index (Phi) is 5.29. The Labute approximate surface area is 147 Å². The third kappa shape index (κ3) is 3.51. The topological polar surface area (TPSA) is 42.4 Å². The number of benzene rings is 1. The molecule has 0 bridgehead atoms. The van der Waals surface area contributed by atoms with Gasteiger partial charge in [-0.15, -0.1) is 11.8 Å². The number of aromatic nitrogens is 1. The van der Waals surface area contributed by atoms with E-state index in [-0.39, 0.29) is 11.9 Å². The number of piperidine rings is 1. The maximum absolute atomic E-state index is 12.1. The van der Waals surface area contributed by atoms with Crippen molar-refractivity contribution in [1.82, 2.24) is 4.98 Å². The van der Waals surface area contributed by atoms with Crippen molar-refractivity contribution in [2.75, 3.05) is 30.9 Å². The molecule has 0 amide bonds. The van der Waals surface area contributed by atoms with Crippen molar-refractivity contribution in [3.05, 3.63) is 29.8 Å². The predicted octanol–water partition coefficient (Wildman–Crippen LogP) is 4.04. The molecule has 1 fully saturated rings. The normalized spacial score (nSPS) is 18.0. The molecule has 0 saturated carbocycles. The standard InChI is InChI=1S/C19H24N2O2S/c1-4-23-19(22)14-6-5-9-21(12-14)18-10-13(2)16-11-15(24-3)7-8-17(16)20-18/h7-8,10-11,14H,4-6,9,12H2,1-3H3/t14-/m0/s1. The fourth-order valence-electron chi connectivity index (χ4n) is 3.28. The molecule has 5 heteroatoms. The van der Waals surface area contributed by atoms with Gasteiger partial charge in [0.05, 0.1) is 18.0 Å². The van der Waals surface area contributed by atoms with Crippen LogP contribution in [0.4, 0.5) is 5.82 Å². The Bertz CT molecular complexity index is 747. The molecule has 1 aromatic carbocycles. The summed E-state index contributed by atoms with van der Waals surface area (Å²) in [6.45, 7) is 6.07. The molecule has 0 unspecified atom stereocenters. The van der Waals surface area contributed by atoms with E-state index in [1.54, 1.807) is 11.8 Å². The van der Waals surface area contributed by atoms with E-state index >= 15 is 0 Å². The highest BCUT2D eigenvalue weighted by Crippen LogP contribution is 2.29. The van der Waals surface area contributed by atoms with E-state index in [2.05, 4.69) is 42.3 Å². The van der Waals surface area contributed by atoms with Crippen molar-refractivity contribution in [3.63, 3.8) is 0 Å². The van der Waals surface area contributed by atoms with Gasteiger partial charge in [-0.3, -0.25) is 4.79 Å². The van der Waals surface area contributed by atoms with Crippen molar-refractivity contribution >= 4 is 34.5 Å². The van der Waals surface area contributed by atoms with Crippen molar-refractivity contribution < 1.29 is 9.53 Å². The summed E-state index contributed by atoms with van der Waals surface area (Å²) in [4.78, 5) is 20.4. The smallest absolute Gasteiger partial charge is 0.310 e. The molecule has 128 valence electrons. The van der Waals surface area contributed by atoms with Crippen LogP contribution in [0.5, 0.6) is 0 Å². The van der Waals surface area contributed by atoms with E-state index in [4.69, 9.17) is 9.72 Å². The first-order valence-corrected chi connectivity index (χ1v) is 9.71. The van der Waals surface area contributed by atoms with Gasteiger partial charge in [0.1, 0.15) is 5.82 Å². The largest absolute Gasteiger partial charge is 0.466 e. The molecule has 1 saturated heterocycles. The monoisotopic (exact) mass is 344 g/mol. The summed E-state index contributed by atoms with van der Waals surface area (Å²) in [7, 11) is 0. The van der Waals surface area contributed by atoms with E-state index in [1.165, 1.54) is 15.8 Å². The lowest BCUT2D eigenvalue weighted by molar-refractivity contribution is -0.148. The SMILES string of the molecule is CCOC(=O)[C@H]1CCCN(c2cc(C)c3cc(SC)ccc3n2)C1. The minimum Gasteiger partial charge on any atom is -0.466 e. The number of hydrogen-bond acceptors (Lipinski definition) is 5. The van der Waals surface area contributed by atoms with E-state index in [9.17, 15) is 4.79 Å². The summed E-state index contributed by atoms with van der Waals surface area (Å²) in [5.74, 6) is 0.839. The zero-order valence-electron chi connectivity index (χ0n) is 14.5. The van der Waals surface area contributed by atoms with Gasteiger partial charge in [0.15, 0.2) is 0 Å². The van der Waals surface area contributed by atoms with Gasteiger partial charge in [-0.2, -0.15) is 0 Å². The molecule has 4 nitrogen and oxygen atoms in total. The van der Waals surface area contributed by atoms with Crippen LogP contribution in [0.1, 0.15) is 25.3 Å². The van der Waals surface area contributed by atoms with Gasteiger partial charge in [-0.1, -0.05) is 0 Å². The number of thioether (sulfide) groups is 1. The van der Waals surface area contributed by atoms with Crippen molar-refractivity contribution in [3.8, 4) is 0 Å². The van der Waals surface area contributed by atoms with Crippen LogP contribution in [0.15, 0.2) is 29.2 Å². The molecule has 0 spiro atoms. The molecule has 3 rings (SSSR count). The lowest BCUT2D eigenvalue weighted by Crippen LogP contribution is -2.39. The number of aryl methyl sites for hydroxylation is 1. The van der Waals surface area contributed by atoms with Crippen LogP contribution in [0.3, 0.4) is 0 Å². The van der Waals surface area contributed by atoms with Crippen LogP contribution < -0.4 is 4.90 Å². The number of carbonyl (C=O) groups excluding carboxylic acids is 1. The molecule has 24 heavy (non-hydrogen) atoms. The highest BCUT2D eigenvalue weighted by Gasteiger charge is 2.27. The van der Waals surface area contributed by atoms with Crippen LogP contribution in [-0.4, -0.2) is 36.9 Å². The number of ether oxygens (including phenoxy) is 1. The number of hydrogen-bond donors (Lipinski definition) is 0. The third-order valence-corrected chi connectivity index (χ3v) is 5.30. The number of esters is 1. The summed E-state index contributed by atoms with van der Waals surface area (Å²) in [5, 5.41) is 1.20. The maximum Gasteiger partial charge on any atom is 0.310 e. The maximum atomic E-state index is 12.1. The summed E-state index contributed by atoms with van der Waals surface area (Å²) < 4.78 is 5.20. The summed E-state index contributed by atoms with van der Waals surface area (Å²) in [5.41, 5.74) is 2.24. The van der Waals surface area contributed by atoms with E-state index in [0.29, 0.717) is 13.2 Å². The molecule has 0 N–H and O–H groups in total. The van der Waals surface area contributed by atoms with Crippen LogP contribution in [0, 0.1) is 12.8 Å². The first-order chi connectivity index (χ1) is 11.6. The Hall–Kier alpha value is -1.75. The Balaban J connectivity index is 1.87. The number of carbonyl (C=O) groups is 1. The highest BCUT2D eigenvalue weighted by atomic mass is 32.2. The van der Waals surface area contributed by atoms with Crippen LogP contribution in [0.25, 0.3) is 10.9 Å². The molecule has 0 radical (unpaired) electrons. The number of anilines is 1. The van der Waals surface area contributed by atoms with E-state index in [0.717, 1.165) is 30.7 Å². The third-order valence-electron chi connectivity index (χ3n) is 4.57. The fraction of sp³-hybridized carbons (Fsp3) is 0.474. The molecule has 2 aromatic rings. The Morgan fingerprint density at radius 2 is 2.25 bits per heavy atom. The summed E-state index contributed by atoms with van der Waals surface area (Å²) in [6, 6.07) is 8.54. The number of rotatable bonds is 4. The van der Waals surface area contributed by atoms with Gasteiger partial charge < -0.3 is 9.64 Å². The van der Waals surface area contributed by atoms with Crippen LogP contribution in [-0.2, 0) is 9.53 Å².